The van der Waals surface area contributed by atoms with Crippen molar-refractivity contribution in [2.45, 2.75) is 57.4 Å². The van der Waals surface area contributed by atoms with Crippen molar-refractivity contribution in [2.24, 2.45) is 11.8 Å². The van der Waals surface area contributed by atoms with Crippen LogP contribution >= 0.6 is 0 Å². The molecule has 4 atom stereocenters. The van der Waals surface area contributed by atoms with Crippen LogP contribution in [0.15, 0.2) is 55.0 Å². The van der Waals surface area contributed by atoms with Gasteiger partial charge in [-0.15, -0.1) is 0 Å². The normalized spacial score (nSPS) is 24.6. The Morgan fingerprint density at radius 3 is 2.84 bits per heavy atom. The van der Waals surface area contributed by atoms with Gasteiger partial charge in [-0.05, 0) is 86.5 Å². The van der Waals surface area contributed by atoms with Crippen LogP contribution in [-0.2, 0) is 4.79 Å². The summed E-state index contributed by atoms with van der Waals surface area (Å²) >= 11 is 0. The fourth-order valence-electron chi connectivity index (χ4n) is 6.79. The minimum Gasteiger partial charge on any atom is -0.493 e. The molecular formula is C31H35FN4O2. The summed E-state index contributed by atoms with van der Waals surface area (Å²) in [5, 5.41) is 2.27. The minimum absolute atomic E-state index is 0.0323. The fraction of sp³-hybridized carbons (Fsp3) is 0.452. The number of halogens is 1. The molecule has 0 amide bonds. The molecule has 0 radical (unpaired) electrons. The van der Waals surface area contributed by atoms with E-state index in [1.54, 1.807) is 12.1 Å². The van der Waals surface area contributed by atoms with Gasteiger partial charge < -0.3 is 9.72 Å². The lowest BCUT2D eigenvalue weighted by Gasteiger charge is -2.45. The van der Waals surface area contributed by atoms with E-state index in [0.717, 1.165) is 61.7 Å². The Bertz CT molecular complexity index is 1420. The van der Waals surface area contributed by atoms with Gasteiger partial charge in [0.15, 0.2) is 5.65 Å². The predicted octanol–water partition coefficient (Wildman–Crippen LogP) is 6.27. The van der Waals surface area contributed by atoms with Crippen molar-refractivity contribution in [3.63, 3.8) is 0 Å². The second-order valence-corrected chi connectivity index (χ2v) is 10.9. The molecule has 6 rings (SSSR count). The molecule has 1 aromatic carbocycles. The second kappa shape index (κ2) is 10.8. The number of ketones is 1. The van der Waals surface area contributed by atoms with Crippen LogP contribution in [0.2, 0.25) is 0 Å². The maximum Gasteiger partial charge on any atom is 0.159 e. The van der Waals surface area contributed by atoms with E-state index in [1.165, 1.54) is 23.1 Å². The van der Waals surface area contributed by atoms with E-state index in [-0.39, 0.29) is 17.8 Å². The molecule has 3 aromatic heterocycles. The van der Waals surface area contributed by atoms with Gasteiger partial charge in [-0.3, -0.25) is 9.69 Å². The molecule has 1 aliphatic carbocycles. The minimum atomic E-state index is -0.252. The zero-order chi connectivity index (χ0) is 26.1. The van der Waals surface area contributed by atoms with E-state index in [2.05, 4.69) is 25.9 Å². The molecule has 1 saturated heterocycles. The third-order valence-electron chi connectivity index (χ3n) is 8.66. The van der Waals surface area contributed by atoms with Crippen molar-refractivity contribution >= 4 is 27.7 Å². The number of carbonyl (C=O) groups excluding carboxylic acids is 1. The number of carbonyl (C=O) groups is 1. The SMILES string of the molecule is CCC(=O)C1CC(c2cc[nH]c3cnc4nccc4c23)CCC1N1CCCC(COc2ccc(F)cc2)C1. The zero-order valence-corrected chi connectivity index (χ0v) is 21.9. The van der Waals surface area contributed by atoms with Crippen LogP contribution in [0.4, 0.5) is 4.39 Å². The van der Waals surface area contributed by atoms with Crippen LogP contribution < -0.4 is 4.74 Å². The number of hydrogen-bond donors (Lipinski definition) is 1. The third kappa shape index (κ3) is 4.92. The number of Topliss-reactive ketones (excluding diaryl/α,β-unsaturated/α-hetero) is 1. The molecule has 6 nitrogen and oxygen atoms in total. The van der Waals surface area contributed by atoms with E-state index in [0.29, 0.717) is 36.4 Å². The van der Waals surface area contributed by atoms with Crippen LogP contribution in [0.3, 0.4) is 0 Å². The molecule has 1 aliphatic heterocycles. The third-order valence-corrected chi connectivity index (χ3v) is 8.66. The maximum absolute atomic E-state index is 13.3. The van der Waals surface area contributed by atoms with E-state index in [4.69, 9.17) is 4.74 Å². The molecule has 0 bridgehead atoms. The second-order valence-electron chi connectivity index (χ2n) is 10.9. The number of ether oxygens (including phenoxy) is 1. The van der Waals surface area contributed by atoms with Gasteiger partial charge in [-0.1, -0.05) is 6.92 Å². The van der Waals surface area contributed by atoms with E-state index < -0.39 is 0 Å². The Morgan fingerprint density at radius 2 is 2.00 bits per heavy atom. The molecule has 7 heteroatoms. The number of aromatic amines is 1. The molecule has 0 spiro atoms. The summed E-state index contributed by atoms with van der Waals surface area (Å²) in [6.45, 7) is 4.59. The zero-order valence-electron chi connectivity index (χ0n) is 21.9. The number of nitrogens with zero attached hydrogens (tertiary/aromatic N) is 3. The van der Waals surface area contributed by atoms with Crippen molar-refractivity contribution in [2.75, 3.05) is 19.7 Å². The first-order valence-corrected chi connectivity index (χ1v) is 14.0. The summed E-state index contributed by atoms with van der Waals surface area (Å²) in [6, 6.07) is 10.8. The van der Waals surface area contributed by atoms with Crippen LogP contribution in [0.5, 0.6) is 5.75 Å². The Labute approximate surface area is 222 Å². The first-order valence-electron chi connectivity index (χ1n) is 14.0. The summed E-state index contributed by atoms with van der Waals surface area (Å²) in [5.41, 5.74) is 3.09. The first-order chi connectivity index (χ1) is 18.6. The molecular weight excluding hydrogens is 479 g/mol. The first kappa shape index (κ1) is 25.0. The number of hydrogen-bond acceptors (Lipinski definition) is 5. The van der Waals surface area contributed by atoms with Gasteiger partial charge in [0, 0.05) is 54.0 Å². The van der Waals surface area contributed by atoms with Gasteiger partial charge in [-0.2, -0.15) is 0 Å². The lowest BCUT2D eigenvalue weighted by molar-refractivity contribution is -0.126. The monoisotopic (exact) mass is 514 g/mol. The van der Waals surface area contributed by atoms with Crippen LogP contribution in [0, 0.1) is 17.7 Å². The van der Waals surface area contributed by atoms with Crippen molar-refractivity contribution in [3.05, 3.63) is 66.4 Å². The molecule has 1 N–H and O–H groups in total. The number of aromatic nitrogens is 3. The van der Waals surface area contributed by atoms with E-state index in [1.807, 2.05) is 31.6 Å². The highest BCUT2D eigenvalue weighted by atomic mass is 19.1. The number of fused-ring (bicyclic) bond motifs is 3. The van der Waals surface area contributed by atoms with Gasteiger partial charge in [0.25, 0.3) is 0 Å². The Morgan fingerprint density at radius 1 is 1.13 bits per heavy atom. The van der Waals surface area contributed by atoms with Crippen molar-refractivity contribution in [1.29, 1.82) is 0 Å². The molecule has 4 aromatic rings. The number of benzene rings is 1. The van der Waals surface area contributed by atoms with E-state index in [9.17, 15) is 9.18 Å². The number of H-pyrrole nitrogens is 1. The molecule has 1 saturated carbocycles. The van der Waals surface area contributed by atoms with Gasteiger partial charge in [0.2, 0.25) is 0 Å². The number of rotatable bonds is 7. The largest absolute Gasteiger partial charge is 0.493 e. The average molecular weight is 515 g/mol. The molecule has 198 valence electrons. The van der Waals surface area contributed by atoms with Crippen LogP contribution in [0.25, 0.3) is 21.9 Å². The molecule has 2 fully saturated rings. The Kier molecular flexibility index (Phi) is 7.11. The quantitative estimate of drug-likeness (QED) is 0.315. The summed E-state index contributed by atoms with van der Waals surface area (Å²) in [6.07, 6.45) is 11.4. The van der Waals surface area contributed by atoms with Gasteiger partial charge in [-0.25, -0.2) is 14.4 Å². The highest BCUT2D eigenvalue weighted by Gasteiger charge is 2.40. The lowest BCUT2D eigenvalue weighted by atomic mass is 9.71. The highest BCUT2D eigenvalue weighted by Crippen LogP contribution is 2.43. The highest BCUT2D eigenvalue weighted by molar-refractivity contribution is 6.05. The number of likely N-dealkylation sites (tertiary alicyclic amines) is 1. The Hall–Kier alpha value is -3.32. The lowest BCUT2D eigenvalue weighted by Crippen LogP contribution is -2.51. The van der Waals surface area contributed by atoms with Gasteiger partial charge in [0.05, 0.1) is 18.3 Å². The van der Waals surface area contributed by atoms with Crippen molar-refractivity contribution in [3.8, 4) is 5.75 Å². The van der Waals surface area contributed by atoms with Crippen molar-refractivity contribution < 1.29 is 13.9 Å². The summed E-state index contributed by atoms with van der Waals surface area (Å²) in [7, 11) is 0. The summed E-state index contributed by atoms with van der Waals surface area (Å²) in [4.78, 5) is 28.2. The fourth-order valence-corrected chi connectivity index (χ4v) is 6.79. The van der Waals surface area contributed by atoms with Gasteiger partial charge in [0.1, 0.15) is 17.3 Å². The molecule has 38 heavy (non-hydrogen) atoms. The maximum atomic E-state index is 13.3. The number of nitrogens with one attached hydrogen (secondary N) is 1. The molecule has 4 heterocycles. The molecule has 2 aliphatic rings. The van der Waals surface area contributed by atoms with E-state index >= 15 is 0 Å². The van der Waals surface area contributed by atoms with Crippen LogP contribution in [-0.4, -0.2) is 51.4 Å². The topological polar surface area (TPSA) is 71.1 Å². The number of piperidine rings is 1. The van der Waals surface area contributed by atoms with Crippen molar-refractivity contribution in [1.82, 2.24) is 19.9 Å². The van der Waals surface area contributed by atoms with Gasteiger partial charge >= 0.3 is 0 Å². The number of pyridine rings is 2. The smallest absolute Gasteiger partial charge is 0.159 e. The predicted molar refractivity (Wildman–Crippen MR) is 147 cm³/mol. The average Bonchev–Trinajstić information content (AvgIpc) is 3.45. The summed E-state index contributed by atoms with van der Waals surface area (Å²) < 4.78 is 19.2. The summed E-state index contributed by atoms with van der Waals surface area (Å²) in [5.74, 6) is 1.59. The molecule has 4 unspecified atom stereocenters. The van der Waals surface area contributed by atoms with Crippen LogP contribution in [0.1, 0.15) is 56.9 Å². The standard InChI is InChI=1S/C31H35FN4O2/c1-2-29(37)26-16-21(24-11-13-33-27-17-35-31-25(30(24)27)12-14-34-31)5-10-28(26)36-15-3-4-20(18-36)19-38-23-8-6-22(32)7-9-23/h6-9,11-14,17,20-21,26,28,33H,2-5,10,15-16,18-19H2,1H3. The Balaban J connectivity index is 1.20.